The van der Waals surface area contributed by atoms with Crippen molar-refractivity contribution in [2.24, 2.45) is 0 Å². The average Bonchev–Trinajstić information content (AvgIpc) is 2.88. The molecule has 1 aliphatic rings. The van der Waals surface area contributed by atoms with Crippen molar-refractivity contribution < 1.29 is 24.1 Å². The third-order valence-corrected chi connectivity index (χ3v) is 6.06. The number of aryl methyl sites for hydroxylation is 1. The molecule has 37 heavy (non-hydrogen) atoms. The molecule has 0 aromatic carbocycles. The van der Waals surface area contributed by atoms with Crippen molar-refractivity contribution in [1.82, 2.24) is 15.0 Å². The molecule has 9 nitrogen and oxygen atoms in total. The maximum absolute atomic E-state index is 14.3. The molecule has 0 bridgehead atoms. The van der Waals surface area contributed by atoms with Gasteiger partial charge in [-0.2, -0.15) is 0 Å². The van der Waals surface area contributed by atoms with Crippen molar-refractivity contribution in [3.8, 4) is 17.0 Å². The van der Waals surface area contributed by atoms with Crippen LogP contribution in [0.3, 0.4) is 0 Å². The highest BCUT2D eigenvalue weighted by Crippen LogP contribution is 2.34. The van der Waals surface area contributed by atoms with Crippen LogP contribution in [0.5, 0.6) is 5.88 Å². The number of halogens is 1. The van der Waals surface area contributed by atoms with Gasteiger partial charge in [-0.15, -0.1) is 0 Å². The van der Waals surface area contributed by atoms with Gasteiger partial charge in [0.25, 0.3) is 0 Å². The fraction of sp³-hybridized carbons (Fsp3) is 0.444. The lowest BCUT2D eigenvalue weighted by Crippen LogP contribution is -2.36. The van der Waals surface area contributed by atoms with Gasteiger partial charge >= 0.3 is 0 Å². The minimum atomic E-state index is -1.62. The van der Waals surface area contributed by atoms with E-state index in [9.17, 15) is 14.6 Å². The Morgan fingerprint density at radius 2 is 1.89 bits per heavy atom. The molecule has 198 valence electrons. The lowest BCUT2D eigenvalue weighted by Gasteiger charge is -2.30. The molecule has 1 saturated heterocycles. The van der Waals surface area contributed by atoms with Crippen molar-refractivity contribution in [1.29, 1.82) is 0 Å². The second-order valence-electron chi connectivity index (χ2n) is 9.66. The van der Waals surface area contributed by atoms with Crippen molar-refractivity contribution in [2.45, 2.75) is 45.7 Å². The monoisotopic (exact) mass is 511 g/mol. The van der Waals surface area contributed by atoms with E-state index in [2.05, 4.69) is 25.2 Å². The minimum absolute atomic E-state index is 0.137. The van der Waals surface area contributed by atoms with Gasteiger partial charge in [-0.25, -0.2) is 9.37 Å². The summed E-state index contributed by atoms with van der Waals surface area (Å²) in [4.78, 5) is 15.3. The zero-order valence-electron chi connectivity index (χ0n) is 21.6. The Bertz CT molecular complexity index is 1210. The van der Waals surface area contributed by atoms with Crippen LogP contribution < -0.4 is 15.0 Å². The Kier molecular flexibility index (Phi) is 8.21. The number of hydrogen-bond acceptors (Lipinski definition) is 9. The van der Waals surface area contributed by atoms with E-state index in [0.29, 0.717) is 43.4 Å². The Hall–Kier alpha value is -3.34. The number of ether oxygens (including phenoxy) is 2. The molecule has 1 unspecified atom stereocenters. The number of anilines is 2. The number of morpholine rings is 1. The number of aromatic nitrogens is 3. The lowest BCUT2D eigenvalue weighted by molar-refractivity contribution is 0.116. The minimum Gasteiger partial charge on any atom is -0.473 e. The first-order valence-corrected chi connectivity index (χ1v) is 12.3. The summed E-state index contributed by atoms with van der Waals surface area (Å²) in [5, 5.41) is 23.5. The first-order valence-electron chi connectivity index (χ1n) is 12.3. The summed E-state index contributed by atoms with van der Waals surface area (Å²) in [6.45, 7) is 9.16. The molecule has 0 radical (unpaired) electrons. The van der Waals surface area contributed by atoms with Crippen molar-refractivity contribution in [2.75, 3.05) is 43.1 Å². The van der Waals surface area contributed by atoms with Gasteiger partial charge in [-0.1, -0.05) is 0 Å². The molecule has 0 spiro atoms. The number of aliphatic hydroxyl groups is 2. The van der Waals surface area contributed by atoms with E-state index in [1.165, 1.54) is 20.0 Å². The smallest absolute Gasteiger partial charge is 0.237 e. The first kappa shape index (κ1) is 26.7. The average molecular weight is 512 g/mol. The van der Waals surface area contributed by atoms with Gasteiger partial charge in [0.05, 0.1) is 36.9 Å². The summed E-state index contributed by atoms with van der Waals surface area (Å²) in [6, 6.07) is 7.08. The van der Waals surface area contributed by atoms with Crippen LogP contribution in [0.15, 0.2) is 42.9 Å². The van der Waals surface area contributed by atoms with Crippen LogP contribution in [0.4, 0.5) is 15.8 Å². The van der Waals surface area contributed by atoms with Gasteiger partial charge < -0.3 is 29.9 Å². The van der Waals surface area contributed by atoms with Gasteiger partial charge in [0.2, 0.25) is 5.88 Å². The van der Waals surface area contributed by atoms with Gasteiger partial charge in [-0.05, 0) is 52.0 Å². The molecule has 3 aromatic heterocycles. The third kappa shape index (κ3) is 6.71. The zero-order chi connectivity index (χ0) is 26.6. The number of hydrogen-bond donors (Lipinski definition) is 3. The van der Waals surface area contributed by atoms with Gasteiger partial charge in [0.15, 0.2) is 6.23 Å². The topological polar surface area (TPSA) is 113 Å². The summed E-state index contributed by atoms with van der Waals surface area (Å²) >= 11 is 0. The van der Waals surface area contributed by atoms with E-state index >= 15 is 0 Å². The standard InChI is InChI=1S/C27H34FN5O4/c1-17(34)16-37-26-23(33-7-9-36-10-8-33)11-20(14-31-26)22-13-21(15-30-18(22)2)32-25(35)19-5-6-29-24(12-19)27(3,4)28/h5-6,11-15,17,25,32,34-35H,7-10,16H2,1-4H3/t17-,25?/m0/s1. The molecule has 0 aliphatic carbocycles. The van der Waals surface area contributed by atoms with E-state index in [0.717, 1.165) is 22.5 Å². The van der Waals surface area contributed by atoms with E-state index in [4.69, 9.17) is 9.47 Å². The Labute approximate surface area is 216 Å². The normalized spacial score (nSPS) is 15.8. The molecule has 3 N–H and O–H groups in total. The molecule has 0 saturated carbocycles. The first-order chi connectivity index (χ1) is 17.6. The maximum atomic E-state index is 14.3. The summed E-state index contributed by atoms with van der Waals surface area (Å²) in [6.07, 6.45) is 3.13. The maximum Gasteiger partial charge on any atom is 0.237 e. The van der Waals surface area contributed by atoms with Crippen LogP contribution in [0.2, 0.25) is 0 Å². The lowest BCUT2D eigenvalue weighted by atomic mass is 10.0. The second kappa shape index (κ2) is 11.4. The molecule has 4 rings (SSSR count). The molecular formula is C27H34FN5O4. The molecule has 3 aromatic rings. The Morgan fingerprint density at radius 1 is 1.14 bits per heavy atom. The number of nitrogens with one attached hydrogen (secondary N) is 1. The highest BCUT2D eigenvalue weighted by molar-refractivity contribution is 5.74. The SMILES string of the molecule is Cc1ncc(NC(O)c2ccnc(C(C)(C)F)c2)cc1-c1cnc(OC[C@H](C)O)c(N2CCOCC2)c1. The molecule has 2 atom stereocenters. The quantitative estimate of drug-likeness (QED) is 0.370. The highest BCUT2D eigenvalue weighted by atomic mass is 19.1. The van der Waals surface area contributed by atoms with Crippen molar-refractivity contribution in [3.63, 3.8) is 0 Å². The van der Waals surface area contributed by atoms with Crippen LogP contribution in [0.1, 0.15) is 44.0 Å². The molecule has 1 fully saturated rings. The number of pyridine rings is 3. The van der Waals surface area contributed by atoms with E-state index in [-0.39, 0.29) is 12.3 Å². The Morgan fingerprint density at radius 3 is 2.59 bits per heavy atom. The third-order valence-electron chi connectivity index (χ3n) is 6.06. The van der Waals surface area contributed by atoms with E-state index < -0.39 is 18.0 Å². The van der Waals surface area contributed by atoms with Crippen molar-refractivity contribution >= 4 is 11.4 Å². The van der Waals surface area contributed by atoms with Gasteiger partial charge in [-0.3, -0.25) is 9.97 Å². The number of nitrogens with zero attached hydrogens (tertiary/aromatic N) is 4. The fourth-order valence-electron chi connectivity index (χ4n) is 4.02. The summed E-state index contributed by atoms with van der Waals surface area (Å²) in [5.41, 5.74) is 2.98. The zero-order valence-corrected chi connectivity index (χ0v) is 21.6. The molecule has 4 heterocycles. The fourth-order valence-corrected chi connectivity index (χ4v) is 4.02. The summed E-state index contributed by atoms with van der Waals surface area (Å²) < 4.78 is 25.6. The van der Waals surface area contributed by atoms with Gasteiger partial charge in [0, 0.05) is 47.9 Å². The number of rotatable bonds is 9. The van der Waals surface area contributed by atoms with E-state index in [1.54, 1.807) is 31.5 Å². The molecule has 10 heteroatoms. The predicted octanol–water partition coefficient (Wildman–Crippen LogP) is 3.75. The molecule has 1 aliphatic heterocycles. The number of alkyl halides is 1. The van der Waals surface area contributed by atoms with Crippen LogP contribution in [-0.4, -0.2) is 64.2 Å². The Balaban J connectivity index is 1.62. The van der Waals surface area contributed by atoms with Crippen LogP contribution >= 0.6 is 0 Å². The number of aliphatic hydroxyl groups excluding tert-OH is 2. The summed E-state index contributed by atoms with van der Waals surface area (Å²) in [7, 11) is 0. The largest absolute Gasteiger partial charge is 0.473 e. The second-order valence-corrected chi connectivity index (χ2v) is 9.66. The van der Waals surface area contributed by atoms with Crippen LogP contribution in [0.25, 0.3) is 11.1 Å². The van der Waals surface area contributed by atoms with E-state index in [1.807, 2.05) is 19.1 Å². The molecular weight excluding hydrogens is 477 g/mol. The van der Waals surface area contributed by atoms with Crippen LogP contribution in [0, 0.1) is 6.92 Å². The molecule has 0 amide bonds. The summed E-state index contributed by atoms with van der Waals surface area (Å²) in [5.74, 6) is 0.450. The van der Waals surface area contributed by atoms with Gasteiger partial charge in [0.1, 0.15) is 18.0 Å². The highest BCUT2D eigenvalue weighted by Gasteiger charge is 2.22. The predicted molar refractivity (Wildman–Crippen MR) is 139 cm³/mol. The van der Waals surface area contributed by atoms with Crippen molar-refractivity contribution in [3.05, 3.63) is 59.8 Å². The van der Waals surface area contributed by atoms with Crippen LogP contribution in [-0.2, 0) is 10.4 Å².